The van der Waals surface area contributed by atoms with Gasteiger partial charge in [0, 0.05) is 24.9 Å². The number of aromatic nitrogens is 1. The number of aryl methyl sites for hydroxylation is 1. The summed E-state index contributed by atoms with van der Waals surface area (Å²) in [5.41, 5.74) is 9.75. The molecule has 0 saturated carbocycles. The fraction of sp³-hybridized carbons (Fsp3) is 0.292. The third-order valence-electron chi connectivity index (χ3n) is 5.97. The van der Waals surface area contributed by atoms with Crippen molar-refractivity contribution >= 4 is 33.2 Å². The molecule has 8 nitrogen and oxygen atoms in total. The maximum atomic E-state index is 13.7. The van der Waals surface area contributed by atoms with E-state index in [1.807, 2.05) is 37.3 Å². The highest BCUT2D eigenvalue weighted by Gasteiger charge is 2.44. The van der Waals surface area contributed by atoms with Crippen LogP contribution in [0.1, 0.15) is 16.8 Å². The molecule has 1 aliphatic rings. The van der Waals surface area contributed by atoms with Gasteiger partial charge in [-0.25, -0.2) is 13.4 Å². The van der Waals surface area contributed by atoms with Crippen molar-refractivity contribution in [3.8, 4) is 0 Å². The van der Waals surface area contributed by atoms with Gasteiger partial charge in [0.1, 0.15) is 12.1 Å². The first-order valence-electron chi connectivity index (χ1n) is 10.9. The summed E-state index contributed by atoms with van der Waals surface area (Å²) in [6.07, 6.45) is 0.372. The van der Waals surface area contributed by atoms with Gasteiger partial charge in [-0.1, -0.05) is 48.0 Å². The number of nitrogens with two attached hydrogens (primary N) is 1. The van der Waals surface area contributed by atoms with Crippen molar-refractivity contribution in [2.75, 3.05) is 13.1 Å². The zero-order valence-electron chi connectivity index (χ0n) is 18.7. The van der Waals surface area contributed by atoms with E-state index in [0.29, 0.717) is 5.69 Å². The van der Waals surface area contributed by atoms with Crippen molar-refractivity contribution in [1.82, 2.24) is 14.2 Å². The first-order valence-corrected chi connectivity index (χ1v) is 13.2. The van der Waals surface area contributed by atoms with E-state index in [9.17, 15) is 18.0 Å². The topological polar surface area (TPSA) is 114 Å². The Bertz CT molecular complexity index is 1250. The van der Waals surface area contributed by atoms with Gasteiger partial charge < -0.3 is 10.6 Å². The van der Waals surface area contributed by atoms with E-state index in [2.05, 4.69) is 4.98 Å². The van der Waals surface area contributed by atoms with Gasteiger partial charge in [0.2, 0.25) is 21.8 Å². The average Bonchev–Trinajstić information content (AvgIpc) is 3.33. The molecule has 2 atom stereocenters. The number of hydrogen-bond donors (Lipinski definition) is 1. The highest BCUT2D eigenvalue weighted by Crippen LogP contribution is 2.26. The van der Waals surface area contributed by atoms with Crippen LogP contribution in [0.2, 0.25) is 0 Å². The molecule has 0 unspecified atom stereocenters. The summed E-state index contributed by atoms with van der Waals surface area (Å²) >= 11 is 1.39. The minimum atomic E-state index is -3.94. The molecule has 1 aliphatic heterocycles. The summed E-state index contributed by atoms with van der Waals surface area (Å²) < 4.78 is 28.4. The molecule has 0 spiro atoms. The van der Waals surface area contributed by atoms with Crippen LogP contribution >= 0.6 is 11.3 Å². The van der Waals surface area contributed by atoms with Crippen LogP contribution in [0.3, 0.4) is 0 Å². The predicted molar refractivity (Wildman–Crippen MR) is 130 cm³/mol. The Morgan fingerprint density at radius 1 is 1.15 bits per heavy atom. The van der Waals surface area contributed by atoms with E-state index in [0.717, 1.165) is 11.1 Å². The number of primary amides is 1. The molecule has 3 aromatic rings. The van der Waals surface area contributed by atoms with E-state index in [4.69, 9.17) is 5.73 Å². The van der Waals surface area contributed by atoms with E-state index in [-0.39, 0.29) is 30.8 Å². The van der Waals surface area contributed by atoms with Gasteiger partial charge in [-0.15, -0.1) is 11.3 Å². The quantitative estimate of drug-likeness (QED) is 0.510. The van der Waals surface area contributed by atoms with Crippen molar-refractivity contribution in [3.63, 3.8) is 0 Å². The first kappa shape index (κ1) is 24.1. The van der Waals surface area contributed by atoms with E-state index >= 15 is 0 Å². The summed E-state index contributed by atoms with van der Waals surface area (Å²) in [5.74, 6) is -1.08. The van der Waals surface area contributed by atoms with Crippen LogP contribution in [0.25, 0.3) is 0 Å². The number of sulfonamides is 1. The third-order valence-corrected chi connectivity index (χ3v) is 8.52. The van der Waals surface area contributed by atoms with Gasteiger partial charge in [-0.3, -0.25) is 9.59 Å². The van der Waals surface area contributed by atoms with Crippen molar-refractivity contribution in [3.05, 3.63) is 82.3 Å². The van der Waals surface area contributed by atoms with Crippen molar-refractivity contribution in [1.29, 1.82) is 0 Å². The lowest BCUT2D eigenvalue weighted by Gasteiger charge is -2.42. The number of thiazole rings is 1. The molecule has 4 rings (SSSR count). The molecule has 2 aromatic carbocycles. The standard InChI is InChI=1S/C24H26N4O4S2/c1-17-7-9-20(10-8-17)34(31,32)28-12-11-27(21(23(25)29)14-19-15-33-16-26-19)24(30)22(28)13-18-5-3-2-4-6-18/h2-10,15-16,21-22H,11-14H2,1H3,(H2,25,29)/t21-,22+/m0/s1. The number of carbonyl (C=O) groups excluding carboxylic acids is 2. The molecule has 0 bridgehead atoms. The fourth-order valence-electron chi connectivity index (χ4n) is 4.16. The summed E-state index contributed by atoms with van der Waals surface area (Å²) in [6, 6.07) is 13.9. The minimum Gasteiger partial charge on any atom is -0.368 e. The molecule has 2 heterocycles. The molecular formula is C24H26N4O4S2. The van der Waals surface area contributed by atoms with Crippen LogP contribution in [-0.4, -0.2) is 59.6 Å². The second-order valence-corrected chi connectivity index (χ2v) is 10.9. The number of piperazine rings is 1. The first-order chi connectivity index (χ1) is 16.3. The summed E-state index contributed by atoms with van der Waals surface area (Å²) in [4.78, 5) is 31.8. The number of carbonyl (C=O) groups is 2. The van der Waals surface area contributed by atoms with E-state index < -0.39 is 33.9 Å². The largest absolute Gasteiger partial charge is 0.368 e. The van der Waals surface area contributed by atoms with Crippen LogP contribution in [0, 0.1) is 6.92 Å². The van der Waals surface area contributed by atoms with Gasteiger partial charge >= 0.3 is 0 Å². The SMILES string of the molecule is Cc1ccc(S(=O)(=O)N2CCN([C@@H](Cc3cscn3)C(N)=O)C(=O)[C@H]2Cc2ccccc2)cc1. The molecule has 178 valence electrons. The zero-order chi connectivity index (χ0) is 24.3. The monoisotopic (exact) mass is 498 g/mol. The predicted octanol–water partition coefficient (Wildman–Crippen LogP) is 1.99. The Morgan fingerprint density at radius 3 is 2.47 bits per heavy atom. The molecule has 0 aliphatic carbocycles. The number of rotatable bonds is 8. The Kier molecular flexibility index (Phi) is 7.11. The van der Waals surface area contributed by atoms with Crippen molar-refractivity contribution in [2.45, 2.75) is 36.7 Å². The lowest BCUT2D eigenvalue weighted by atomic mass is 10.0. The highest BCUT2D eigenvalue weighted by atomic mass is 32.2. The van der Waals surface area contributed by atoms with Gasteiger partial charge in [0.25, 0.3) is 0 Å². The maximum absolute atomic E-state index is 13.7. The second-order valence-electron chi connectivity index (χ2n) is 8.27. The lowest BCUT2D eigenvalue weighted by molar-refractivity contribution is -0.146. The molecule has 0 radical (unpaired) electrons. The summed E-state index contributed by atoms with van der Waals surface area (Å²) in [7, 11) is -3.94. The van der Waals surface area contributed by atoms with Crippen LogP contribution < -0.4 is 5.73 Å². The average molecular weight is 499 g/mol. The molecule has 10 heteroatoms. The molecule has 1 fully saturated rings. The number of amides is 2. The van der Waals surface area contributed by atoms with E-state index in [1.165, 1.54) is 20.5 Å². The van der Waals surface area contributed by atoms with Gasteiger partial charge in [-0.2, -0.15) is 4.31 Å². The van der Waals surface area contributed by atoms with Crippen molar-refractivity contribution in [2.24, 2.45) is 5.73 Å². The second kappa shape index (κ2) is 10.0. The number of benzene rings is 2. The number of nitrogens with zero attached hydrogens (tertiary/aromatic N) is 3. The molecule has 2 amide bonds. The lowest BCUT2D eigenvalue weighted by Crippen LogP contribution is -2.63. The van der Waals surface area contributed by atoms with Crippen LogP contribution in [0.4, 0.5) is 0 Å². The van der Waals surface area contributed by atoms with E-state index in [1.54, 1.807) is 35.2 Å². The smallest absolute Gasteiger partial charge is 0.243 e. The maximum Gasteiger partial charge on any atom is 0.243 e. The van der Waals surface area contributed by atoms with Crippen LogP contribution in [0.5, 0.6) is 0 Å². The molecule has 1 saturated heterocycles. The zero-order valence-corrected chi connectivity index (χ0v) is 20.3. The fourth-order valence-corrected chi connectivity index (χ4v) is 6.30. The molecule has 1 aromatic heterocycles. The van der Waals surface area contributed by atoms with Crippen LogP contribution in [-0.2, 0) is 32.5 Å². The minimum absolute atomic E-state index is 0.0558. The molecule has 2 N–H and O–H groups in total. The Morgan fingerprint density at radius 2 is 1.85 bits per heavy atom. The Balaban J connectivity index is 1.69. The third kappa shape index (κ3) is 5.03. The van der Waals surface area contributed by atoms with Gasteiger partial charge in [0.05, 0.1) is 16.1 Å². The molecule has 34 heavy (non-hydrogen) atoms. The summed E-state index contributed by atoms with van der Waals surface area (Å²) in [6.45, 7) is 2.00. The van der Waals surface area contributed by atoms with Gasteiger partial charge in [0.15, 0.2) is 0 Å². The van der Waals surface area contributed by atoms with Crippen molar-refractivity contribution < 1.29 is 18.0 Å². The Labute approximate surface area is 203 Å². The number of hydrogen-bond acceptors (Lipinski definition) is 6. The normalized spacial score (nSPS) is 18.1. The Hall–Kier alpha value is -3.08. The summed E-state index contributed by atoms with van der Waals surface area (Å²) in [5, 5.41) is 1.81. The highest BCUT2D eigenvalue weighted by molar-refractivity contribution is 7.89. The molecular weight excluding hydrogens is 472 g/mol. The van der Waals surface area contributed by atoms with Gasteiger partial charge in [-0.05, 0) is 31.0 Å². The van der Waals surface area contributed by atoms with Crippen LogP contribution in [0.15, 0.2) is 70.4 Å².